The van der Waals surface area contributed by atoms with E-state index in [1.54, 1.807) is 6.08 Å². The molecule has 2 N–H and O–H groups in total. The predicted molar refractivity (Wildman–Crippen MR) is 85.5 cm³/mol. The van der Waals surface area contributed by atoms with Gasteiger partial charge >= 0.3 is 7.12 Å². The van der Waals surface area contributed by atoms with Gasteiger partial charge < -0.3 is 14.5 Å². The molecule has 0 aliphatic heterocycles. The van der Waals surface area contributed by atoms with Gasteiger partial charge in [0.25, 0.3) is 0 Å². The predicted octanol–water partition coefficient (Wildman–Crippen LogP) is 3.53. The van der Waals surface area contributed by atoms with Gasteiger partial charge in [0, 0.05) is 0 Å². The van der Waals surface area contributed by atoms with E-state index >= 15 is 0 Å². The van der Waals surface area contributed by atoms with Gasteiger partial charge in [0.2, 0.25) is 0 Å². The number of hydrogen-bond donors (Lipinski definition) is 2. The molecule has 0 aromatic rings. The Morgan fingerprint density at radius 2 is 1.79 bits per heavy atom. The number of rotatable bonds is 8. The topological polar surface area (TPSA) is 49.7 Å². The van der Waals surface area contributed by atoms with Crippen molar-refractivity contribution in [3.05, 3.63) is 12.1 Å². The highest BCUT2D eigenvalue weighted by Crippen LogP contribution is 2.37. The summed E-state index contributed by atoms with van der Waals surface area (Å²) < 4.78 is 6.33. The highest BCUT2D eigenvalue weighted by molar-refractivity contribution is 6.74. The van der Waals surface area contributed by atoms with Crippen molar-refractivity contribution in [1.82, 2.24) is 0 Å². The van der Waals surface area contributed by atoms with Gasteiger partial charge in [0.05, 0.1) is 6.10 Å². The number of unbranched alkanes of at least 4 members (excludes halogenated alkanes) is 2. The molecule has 3 nitrogen and oxygen atoms in total. The molecule has 0 spiro atoms. The molecule has 0 bridgehead atoms. The molecule has 0 aliphatic carbocycles. The fourth-order valence-electron chi connectivity index (χ4n) is 1.57. The lowest BCUT2D eigenvalue weighted by Crippen LogP contribution is -2.43. The lowest BCUT2D eigenvalue weighted by molar-refractivity contribution is 0.211. The number of hydrogen-bond acceptors (Lipinski definition) is 3. The normalized spacial score (nSPS) is 14.9. The van der Waals surface area contributed by atoms with E-state index in [0.717, 1.165) is 12.8 Å². The first-order valence-electron chi connectivity index (χ1n) is 7.32. The SMILES string of the molecule is CCCCC[C@@H](C=CB(O)O)O[Si](C)(C)C(C)(C)C. The Hall–Kier alpha value is -0.0982. The van der Waals surface area contributed by atoms with E-state index in [1.807, 2.05) is 0 Å². The van der Waals surface area contributed by atoms with E-state index in [-0.39, 0.29) is 11.1 Å². The van der Waals surface area contributed by atoms with Crippen LogP contribution in [0.4, 0.5) is 0 Å². The van der Waals surface area contributed by atoms with Crippen LogP contribution < -0.4 is 0 Å². The maximum atomic E-state index is 8.96. The van der Waals surface area contributed by atoms with Crippen molar-refractivity contribution in [3.63, 3.8) is 0 Å². The first-order chi connectivity index (χ1) is 8.60. The molecular formula is C14H31BO3Si. The van der Waals surface area contributed by atoms with Crippen molar-refractivity contribution in [1.29, 1.82) is 0 Å². The van der Waals surface area contributed by atoms with Gasteiger partial charge in [-0.25, -0.2) is 0 Å². The quantitative estimate of drug-likeness (QED) is 0.530. The summed E-state index contributed by atoms with van der Waals surface area (Å²) in [7, 11) is -3.21. The molecule has 1 atom stereocenters. The molecule has 0 saturated heterocycles. The van der Waals surface area contributed by atoms with Crippen molar-refractivity contribution < 1.29 is 14.5 Å². The Morgan fingerprint density at radius 3 is 2.21 bits per heavy atom. The second-order valence-electron chi connectivity index (χ2n) is 6.71. The van der Waals surface area contributed by atoms with Gasteiger partial charge in [-0.2, -0.15) is 0 Å². The Bertz CT molecular complexity index is 272. The summed E-state index contributed by atoms with van der Waals surface area (Å²) in [5.41, 5.74) is 0. The minimum absolute atomic E-state index is 0.00533. The molecule has 0 radical (unpaired) electrons. The molecule has 0 saturated carbocycles. The van der Waals surface area contributed by atoms with Crippen molar-refractivity contribution in [3.8, 4) is 0 Å². The lowest BCUT2D eigenvalue weighted by atomic mass is 9.90. The van der Waals surface area contributed by atoms with Crippen LogP contribution in [0.5, 0.6) is 0 Å². The van der Waals surface area contributed by atoms with Crippen LogP contribution in [-0.4, -0.2) is 31.6 Å². The van der Waals surface area contributed by atoms with E-state index in [4.69, 9.17) is 14.5 Å². The molecule has 0 rings (SSSR count). The summed E-state index contributed by atoms with van der Waals surface area (Å²) in [5, 5.41) is 18.1. The van der Waals surface area contributed by atoms with Crippen LogP contribution in [0.15, 0.2) is 12.1 Å². The van der Waals surface area contributed by atoms with E-state index in [2.05, 4.69) is 40.8 Å². The molecule has 0 heterocycles. The summed E-state index contributed by atoms with van der Waals surface area (Å²) in [4.78, 5) is 0. The molecular weight excluding hydrogens is 255 g/mol. The largest absolute Gasteiger partial charge is 0.480 e. The Kier molecular flexibility index (Phi) is 8.20. The van der Waals surface area contributed by atoms with Crippen LogP contribution in [0.2, 0.25) is 18.1 Å². The first kappa shape index (κ1) is 18.9. The third-order valence-corrected chi connectivity index (χ3v) is 8.35. The minimum Gasteiger partial charge on any atom is -0.424 e. The summed E-state index contributed by atoms with van der Waals surface area (Å²) in [5.74, 6) is 1.41. The van der Waals surface area contributed by atoms with Gasteiger partial charge in [-0.05, 0) is 24.6 Å². The average Bonchev–Trinajstić information content (AvgIpc) is 2.24. The van der Waals surface area contributed by atoms with E-state index in [1.165, 1.54) is 18.8 Å². The third kappa shape index (κ3) is 7.92. The fraction of sp³-hybridized carbons (Fsp3) is 0.857. The Morgan fingerprint density at radius 1 is 1.21 bits per heavy atom. The smallest absolute Gasteiger partial charge is 0.424 e. The van der Waals surface area contributed by atoms with Gasteiger partial charge in [0.1, 0.15) is 0 Å². The molecule has 0 aromatic heterocycles. The molecule has 19 heavy (non-hydrogen) atoms. The first-order valence-corrected chi connectivity index (χ1v) is 10.2. The molecule has 0 fully saturated rings. The fourth-order valence-corrected chi connectivity index (χ4v) is 2.88. The van der Waals surface area contributed by atoms with Crippen LogP contribution in [0.1, 0.15) is 53.4 Å². The van der Waals surface area contributed by atoms with Crippen LogP contribution in [0.25, 0.3) is 0 Å². The molecule has 112 valence electrons. The second kappa shape index (κ2) is 8.25. The zero-order valence-electron chi connectivity index (χ0n) is 13.4. The molecule has 0 unspecified atom stereocenters. The summed E-state index contributed by atoms with van der Waals surface area (Å²) >= 11 is 0. The Balaban J connectivity index is 4.65. The van der Waals surface area contributed by atoms with E-state index in [9.17, 15) is 0 Å². The van der Waals surface area contributed by atoms with Crippen molar-refractivity contribution >= 4 is 15.4 Å². The lowest BCUT2D eigenvalue weighted by Gasteiger charge is -2.38. The summed E-state index contributed by atoms with van der Waals surface area (Å²) in [6, 6.07) is 0. The van der Waals surface area contributed by atoms with Crippen LogP contribution in [0, 0.1) is 0 Å². The van der Waals surface area contributed by atoms with Gasteiger partial charge in [0.15, 0.2) is 8.32 Å². The molecule has 0 aromatic carbocycles. The van der Waals surface area contributed by atoms with Gasteiger partial charge in [-0.15, -0.1) is 0 Å². The molecule has 5 heteroatoms. The van der Waals surface area contributed by atoms with Crippen molar-refractivity contribution in [2.45, 2.75) is 77.6 Å². The third-order valence-electron chi connectivity index (χ3n) is 3.84. The Labute approximate surface area is 120 Å². The average molecular weight is 286 g/mol. The van der Waals surface area contributed by atoms with Crippen LogP contribution in [0.3, 0.4) is 0 Å². The highest BCUT2D eigenvalue weighted by atomic mass is 28.4. The maximum Gasteiger partial charge on any atom is 0.480 e. The highest BCUT2D eigenvalue weighted by Gasteiger charge is 2.38. The summed E-state index contributed by atoms with van der Waals surface area (Å²) in [6.07, 6.45) is 6.23. The zero-order valence-corrected chi connectivity index (χ0v) is 14.4. The molecule has 0 aliphatic rings. The second-order valence-corrected chi connectivity index (χ2v) is 11.5. The molecule has 0 amide bonds. The standard InChI is InChI=1S/C14H31BO3Si/c1-7-8-9-10-13(11-12-15(16)17)18-19(5,6)14(2,3)4/h11-13,16-17H,7-10H2,1-6H3/t13-/m0/s1. The monoisotopic (exact) mass is 286 g/mol. The van der Waals surface area contributed by atoms with Crippen LogP contribution >= 0.6 is 0 Å². The van der Waals surface area contributed by atoms with Gasteiger partial charge in [-0.1, -0.05) is 59.0 Å². The van der Waals surface area contributed by atoms with Crippen LogP contribution in [-0.2, 0) is 4.43 Å². The van der Waals surface area contributed by atoms with E-state index in [0.29, 0.717) is 0 Å². The van der Waals surface area contributed by atoms with Crippen molar-refractivity contribution in [2.24, 2.45) is 0 Å². The van der Waals surface area contributed by atoms with E-state index < -0.39 is 15.4 Å². The van der Waals surface area contributed by atoms with Crippen molar-refractivity contribution in [2.75, 3.05) is 0 Å². The zero-order chi connectivity index (χ0) is 15.1. The summed E-state index contributed by atoms with van der Waals surface area (Å²) in [6.45, 7) is 13.3. The van der Waals surface area contributed by atoms with Gasteiger partial charge in [-0.3, -0.25) is 0 Å². The maximum absolute atomic E-state index is 8.96. The minimum atomic E-state index is -1.81.